The molecule has 1 aliphatic rings. The molecule has 0 radical (unpaired) electrons. The fourth-order valence-electron chi connectivity index (χ4n) is 1.22. The second-order valence-corrected chi connectivity index (χ2v) is 4.47. The second kappa shape index (κ2) is 4.45. The molecule has 0 aliphatic carbocycles. The molecule has 1 rings (SSSR count). The van der Waals surface area contributed by atoms with E-state index in [0.717, 1.165) is 0 Å². The van der Waals surface area contributed by atoms with Crippen molar-refractivity contribution in [1.82, 2.24) is 5.01 Å². The average Bonchev–Trinajstić information content (AvgIpc) is 2.16. The van der Waals surface area contributed by atoms with Crippen LogP contribution in [0.3, 0.4) is 0 Å². The number of hydrogen-bond acceptors (Lipinski definition) is 5. The highest BCUT2D eigenvalue weighted by Crippen LogP contribution is 2.21. The van der Waals surface area contributed by atoms with E-state index >= 15 is 0 Å². The number of allylic oxidation sites excluding steroid dienone is 1. The van der Waals surface area contributed by atoms with Crippen LogP contribution >= 0.6 is 0 Å². The summed E-state index contributed by atoms with van der Waals surface area (Å²) < 4.78 is 26.8. The van der Waals surface area contributed by atoms with Crippen LogP contribution in [0.25, 0.3) is 0 Å². The minimum absolute atomic E-state index is 0.194. The van der Waals surface area contributed by atoms with Gasteiger partial charge in [-0.25, -0.2) is 13.4 Å². The first-order valence-electron chi connectivity index (χ1n) is 4.28. The van der Waals surface area contributed by atoms with Gasteiger partial charge in [0.25, 0.3) is 0 Å². The molecule has 0 aromatic heterocycles. The summed E-state index contributed by atoms with van der Waals surface area (Å²) in [6.07, 6.45) is 0. The maximum absolute atomic E-state index is 10.8. The van der Waals surface area contributed by atoms with Crippen molar-refractivity contribution < 1.29 is 13.2 Å². The van der Waals surface area contributed by atoms with Gasteiger partial charge in [-0.3, -0.25) is 0 Å². The van der Waals surface area contributed by atoms with Crippen molar-refractivity contribution in [3.63, 3.8) is 0 Å². The molecule has 0 aromatic rings. The zero-order chi connectivity index (χ0) is 10.7. The molecule has 14 heavy (non-hydrogen) atoms. The van der Waals surface area contributed by atoms with E-state index < -0.39 is 10.7 Å². The van der Waals surface area contributed by atoms with E-state index in [9.17, 15) is 8.42 Å². The lowest BCUT2D eigenvalue weighted by Crippen LogP contribution is -2.33. The molecule has 5 nitrogen and oxygen atoms in total. The van der Waals surface area contributed by atoms with Crippen molar-refractivity contribution in [3.05, 3.63) is 10.8 Å². The van der Waals surface area contributed by atoms with Gasteiger partial charge in [-0.1, -0.05) is 6.92 Å². The Hall–Kier alpha value is -1.04. The first-order valence-corrected chi connectivity index (χ1v) is 5.46. The smallest absolute Gasteiger partial charge is 0.224 e. The van der Waals surface area contributed by atoms with Gasteiger partial charge in [0.05, 0.1) is 13.2 Å². The maximum atomic E-state index is 10.8. The number of hydrogen-bond donors (Lipinski definition) is 1. The van der Waals surface area contributed by atoms with Crippen LogP contribution in [-0.4, -0.2) is 33.3 Å². The number of hydrazone groups is 1. The predicted octanol–water partition coefficient (Wildman–Crippen LogP) is 0.371. The summed E-state index contributed by atoms with van der Waals surface area (Å²) in [6, 6.07) is 0. The molecule has 6 heteroatoms. The highest BCUT2D eigenvalue weighted by molar-refractivity contribution is 7.76. The van der Waals surface area contributed by atoms with Gasteiger partial charge in [0, 0.05) is 12.6 Å². The summed E-state index contributed by atoms with van der Waals surface area (Å²) in [7, 11) is -2.61. The lowest BCUT2D eigenvalue weighted by Gasteiger charge is -2.31. The first-order chi connectivity index (χ1) is 6.56. The Labute approximate surface area is 85.0 Å². The summed E-state index contributed by atoms with van der Waals surface area (Å²) in [5.41, 5.74) is 0. The van der Waals surface area contributed by atoms with Gasteiger partial charge < -0.3 is 4.74 Å². The highest BCUT2D eigenvalue weighted by atomic mass is 32.2. The van der Waals surface area contributed by atoms with E-state index in [1.165, 1.54) is 11.9 Å². The number of ether oxygens (including phenoxy) is 1. The summed E-state index contributed by atoms with van der Waals surface area (Å²) in [5.74, 6) is 0.621. The number of nitrogens with zero attached hydrogens (tertiary/aromatic N) is 2. The van der Waals surface area contributed by atoms with E-state index in [2.05, 4.69) is 11.8 Å². The zero-order valence-electron chi connectivity index (χ0n) is 8.27. The minimum atomic E-state index is -2.61. The normalized spacial score (nSPS) is 25.9. The molecule has 80 valence electrons. The van der Waals surface area contributed by atoms with Gasteiger partial charge in [0.15, 0.2) is 10.7 Å². The summed E-state index contributed by atoms with van der Waals surface area (Å²) in [4.78, 5) is 0.194. The lowest BCUT2D eigenvalue weighted by atomic mass is 10.2. The third kappa shape index (κ3) is 2.25. The van der Waals surface area contributed by atoms with Crippen LogP contribution in [-0.2, 0) is 15.4 Å². The Balaban J connectivity index is 2.98. The molecule has 0 spiro atoms. The molecular formula is C8H14N2O3S. The van der Waals surface area contributed by atoms with Gasteiger partial charge >= 0.3 is 0 Å². The van der Waals surface area contributed by atoms with Crippen molar-refractivity contribution in [2.45, 2.75) is 13.8 Å². The Bertz CT molecular complexity index is 327. The van der Waals surface area contributed by atoms with E-state index in [1.54, 1.807) is 0 Å². The lowest BCUT2D eigenvalue weighted by molar-refractivity contribution is 0.0309. The van der Waals surface area contributed by atoms with Crippen LogP contribution in [0.4, 0.5) is 0 Å². The Morgan fingerprint density at radius 2 is 2.36 bits per heavy atom. The highest BCUT2D eigenvalue weighted by Gasteiger charge is 2.23. The van der Waals surface area contributed by atoms with E-state index in [1.807, 2.05) is 6.92 Å². The van der Waals surface area contributed by atoms with Crippen LogP contribution in [0.15, 0.2) is 15.9 Å². The third-order valence-electron chi connectivity index (χ3n) is 1.98. The van der Waals surface area contributed by atoms with E-state index in [0.29, 0.717) is 25.0 Å². The molecule has 1 aliphatic heterocycles. The topological polar surface area (TPSA) is 59.0 Å². The minimum Gasteiger partial charge on any atom is -0.477 e. The fraction of sp³-hybridized carbons (Fsp3) is 0.625. The summed E-state index contributed by atoms with van der Waals surface area (Å²) >= 11 is 0. The Kier molecular flexibility index (Phi) is 3.51. The average molecular weight is 218 g/mol. The van der Waals surface area contributed by atoms with Gasteiger partial charge in [-0.15, -0.1) is 0 Å². The van der Waals surface area contributed by atoms with Crippen molar-refractivity contribution in [2.24, 2.45) is 11.0 Å². The maximum Gasteiger partial charge on any atom is 0.224 e. The van der Waals surface area contributed by atoms with E-state index in [-0.39, 0.29) is 4.91 Å². The quantitative estimate of drug-likeness (QED) is 0.537. The largest absolute Gasteiger partial charge is 0.477 e. The molecule has 0 amide bonds. The van der Waals surface area contributed by atoms with Crippen LogP contribution in [0.1, 0.15) is 13.8 Å². The summed E-state index contributed by atoms with van der Waals surface area (Å²) in [5, 5.41) is 5.20. The number of rotatable bonds is 2. The fourth-order valence-corrected chi connectivity index (χ4v) is 1.55. The first kappa shape index (κ1) is 11.0. The molecule has 0 saturated carbocycles. The van der Waals surface area contributed by atoms with Crippen LogP contribution < -0.4 is 0 Å². The molecular weight excluding hydrogens is 204 g/mol. The second-order valence-electron chi connectivity index (χ2n) is 3.29. The van der Waals surface area contributed by atoms with Crippen molar-refractivity contribution in [2.75, 3.05) is 13.2 Å². The molecule has 1 heterocycles. The summed E-state index contributed by atoms with van der Waals surface area (Å²) in [6.45, 7) is 8.03. The van der Waals surface area contributed by atoms with Crippen LogP contribution in [0.5, 0.6) is 0 Å². The molecule has 0 N–H and O–H groups in total. The van der Waals surface area contributed by atoms with Gasteiger partial charge in [-0.2, -0.15) is 5.10 Å². The van der Waals surface area contributed by atoms with Crippen molar-refractivity contribution in [1.29, 1.82) is 0 Å². The zero-order valence-corrected chi connectivity index (χ0v) is 9.16. The van der Waals surface area contributed by atoms with E-state index in [4.69, 9.17) is 4.74 Å². The Morgan fingerprint density at radius 3 is 2.86 bits per heavy atom. The molecule has 1 unspecified atom stereocenters. The van der Waals surface area contributed by atoms with Gasteiger partial charge in [-0.05, 0) is 6.92 Å². The van der Waals surface area contributed by atoms with Crippen LogP contribution in [0.2, 0.25) is 0 Å². The van der Waals surface area contributed by atoms with Crippen molar-refractivity contribution >= 4 is 17.4 Å². The molecule has 0 bridgehead atoms. The SMILES string of the molecule is C=NN1CC(C)CO/C1=C(/C)[SH](=O)=O. The number of thiol groups is 1. The van der Waals surface area contributed by atoms with Crippen molar-refractivity contribution in [3.8, 4) is 0 Å². The van der Waals surface area contributed by atoms with Gasteiger partial charge in [0.2, 0.25) is 5.88 Å². The standard InChI is InChI=1S/C8H14N2O3S/c1-6-4-10(9-3)8(13-5-6)7(2)14(11)12/h6,14H,3-5H2,1-2H3/b8-7-. The Morgan fingerprint density at radius 1 is 1.71 bits per heavy atom. The molecule has 1 atom stereocenters. The molecule has 0 aromatic carbocycles. The van der Waals surface area contributed by atoms with Crippen LogP contribution in [0, 0.1) is 5.92 Å². The van der Waals surface area contributed by atoms with Gasteiger partial charge in [0.1, 0.15) is 4.91 Å². The third-order valence-corrected chi connectivity index (χ3v) is 2.72. The molecule has 1 saturated heterocycles. The molecule has 1 fully saturated rings. The monoisotopic (exact) mass is 218 g/mol. The predicted molar refractivity (Wildman–Crippen MR) is 54.4 cm³/mol.